The first-order valence-corrected chi connectivity index (χ1v) is 7.86. The van der Waals surface area contributed by atoms with Crippen molar-refractivity contribution in [3.05, 3.63) is 0 Å². The maximum Gasteiger partial charge on any atom is 0.223 e. The minimum atomic E-state index is -0.284. The largest absolute Gasteiger partial charge is 0.393 e. The van der Waals surface area contributed by atoms with Crippen LogP contribution in [0.5, 0.6) is 0 Å². The quantitative estimate of drug-likeness (QED) is 0.779. The Labute approximate surface area is 118 Å². The number of hydrogen-bond acceptors (Lipinski definition) is 2. The molecule has 0 aromatic carbocycles. The molecule has 3 heteroatoms. The second kappa shape index (κ2) is 7.88. The molecule has 2 N–H and O–H groups in total. The van der Waals surface area contributed by atoms with E-state index in [1.54, 1.807) is 6.92 Å². The lowest BCUT2D eigenvalue weighted by Gasteiger charge is -2.30. The van der Waals surface area contributed by atoms with Crippen molar-refractivity contribution >= 4 is 5.91 Å². The molecule has 0 radical (unpaired) electrons. The number of nitrogens with one attached hydrogen (secondary N) is 1. The molecule has 1 saturated carbocycles. The average Bonchev–Trinajstić information content (AvgIpc) is 2.35. The molecule has 0 aliphatic heterocycles. The number of aliphatic hydroxyl groups is 1. The highest BCUT2D eigenvalue weighted by Gasteiger charge is 2.27. The van der Waals surface area contributed by atoms with E-state index in [0.717, 1.165) is 31.1 Å². The molecule has 2 unspecified atom stereocenters. The van der Waals surface area contributed by atoms with E-state index in [1.165, 1.54) is 12.8 Å². The molecule has 19 heavy (non-hydrogen) atoms. The fourth-order valence-electron chi connectivity index (χ4n) is 3.13. The van der Waals surface area contributed by atoms with E-state index < -0.39 is 0 Å². The third-order valence-corrected chi connectivity index (χ3v) is 4.45. The monoisotopic (exact) mass is 269 g/mol. The Morgan fingerprint density at radius 3 is 2.21 bits per heavy atom. The molecule has 112 valence electrons. The van der Waals surface area contributed by atoms with E-state index in [-0.39, 0.29) is 17.9 Å². The van der Waals surface area contributed by atoms with Crippen molar-refractivity contribution in [3.8, 4) is 0 Å². The first-order chi connectivity index (χ1) is 8.90. The van der Waals surface area contributed by atoms with Gasteiger partial charge in [-0.1, -0.05) is 20.8 Å². The van der Waals surface area contributed by atoms with E-state index in [4.69, 9.17) is 0 Å². The van der Waals surface area contributed by atoms with Gasteiger partial charge in [0.2, 0.25) is 5.91 Å². The zero-order valence-electron chi connectivity index (χ0n) is 13.0. The summed E-state index contributed by atoms with van der Waals surface area (Å²) in [5, 5.41) is 12.4. The number of aliphatic hydroxyl groups excluding tert-OH is 1. The molecular formula is C16H31NO2. The molecule has 0 aromatic heterocycles. The Balaban J connectivity index is 2.24. The van der Waals surface area contributed by atoms with Gasteiger partial charge in [0.1, 0.15) is 0 Å². The summed E-state index contributed by atoms with van der Waals surface area (Å²) >= 11 is 0. The van der Waals surface area contributed by atoms with Gasteiger partial charge in [0.25, 0.3) is 0 Å². The maximum absolute atomic E-state index is 12.1. The summed E-state index contributed by atoms with van der Waals surface area (Å²) in [6.07, 6.45) is 4.94. The van der Waals surface area contributed by atoms with E-state index >= 15 is 0 Å². The molecular weight excluding hydrogens is 238 g/mol. The average molecular weight is 269 g/mol. The van der Waals surface area contributed by atoms with Gasteiger partial charge in [0, 0.05) is 12.5 Å². The molecule has 0 bridgehead atoms. The summed E-state index contributed by atoms with van der Waals surface area (Å²) in [5.41, 5.74) is 0. The molecule has 0 spiro atoms. The number of amides is 1. The number of carbonyl (C=O) groups is 1. The van der Waals surface area contributed by atoms with Crippen molar-refractivity contribution in [2.45, 2.75) is 65.9 Å². The van der Waals surface area contributed by atoms with Crippen LogP contribution in [-0.4, -0.2) is 23.7 Å². The Morgan fingerprint density at radius 2 is 1.74 bits per heavy atom. The molecule has 0 saturated heterocycles. The molecule has 1 aliphatic rings. The van der Waals surface area contributed by atoms with Crippen LogP contribution in [0.2, 0.25) is 0 Å². The SMILES string of the molecule is CC(O)CC(C)CNC(=O)C1CCC(C(C)C)CC1. The predicted octanol–water partition coefficient (Wildman–Crippen LogP) is 2.97. The standard InChI is InChI=1S/C16H31NO2/c1-11(2)14-5-7-15(8-6-14)16(19)17-10-12(3)9-13(4)18/h11-15,18H,5-10H2,1-4H3,(H,17,19). The lowest BCUT2D eigenvalue weighted by atomic mass is 9.76. The van der Waals surface area contributed by atoms with Crippen LogP contribution in [0.25, 0.3) is 0 Å². The maximum atomic E-state index is 12.1. The van der Waals surface area contributed by atoms with Crippen LogP contribution in [0.3, 0.4) is 0 Å². The lowest BCUT2D eigenvalue weighted by molar-refractivity contribution is -0.126. The van der Waals surface area contributed by atoms with Gasteiger partial charge in [-0.2, -0.15) is 0 Å². The normalized spacial score (nSPS) is 27.1. The number of hydrogen-bond donors (Lipinski definition) is 2. The van der Waals surface area contributed by atoms with Crippen LogP contribution < -0.4 is 5.32 Å². The van der Waals surface area contributed by atoms with Gasteiger partial charge < -0.3 is 10.4 Å². The Kier molecular flexibility index (Phi) is 6.84. The molecule has 2 atom stereocenters. The summed E-state index contributed by atoms with van der Waals surface area (Å²) in [4.78, 5) is 12.1. The van der Waals surface area contributed by atoms with Crippen molar-refractivity contribution in [3.63, 3.8) is 0 Å². The van der Waals surface area contributed by atoms with Gasteiger partial charge in [-0.3, -0.25) is 4.79 Å². The zero-order chi connectivity index (χ0) is 14.4. The number of rotatable bonds is 6. The molecule has 1 fully saturated rings. The van der Waals surface area contributed by atoms with Gasteiger partial charge in [0.05, 0.1) is 6.10 Å². The Morgan fingerprint density at radius 1 is 1.16 bits per heavy atom. The summed E-state index contributed by atoms with van der Waals surface area (Å²) in [5.74, 6) is 2.33. The van der Waals surface area contributed by atoms with E-state index in [1.807, 2.05) is 0 Å². The van der Waals surface area contributed by atoms with Crippen molar-refractivity contribution in [2.24, 2.45) is 23.7 Å². The Hall–Kier alpha value is -0.570. The molecule has 1 rings (SSSR count). The summed E-state index contributed by atoms with van der Waals surface area (Å²) < 4.78 is 0. The van der Waals surface area contributed by atoms with E-state index in [0.29, 0.717) is 12.5 Å². The van der Waals surface area contributed by atoms with Crippen molar-refractivity contribution in [1.82, 2.24) is 5.32 Å². The molecule has 1 amide bonds. The van der Waals surface area contributed by atoms with E-state index in [2.05, 4.69) is 26.1 Å². The summed E-state index contributed by atoms with van der Waals surface area (Å²) in [6, 6.07) is 0. The van der Waals surface area contributed by atoms with Crippen LogP contribution in [0.15, 0.2) is 0 Å². The van der Waals surface area contributed by atoms with E-state index in [9.17, 15) is 9.90 Å². The molecule has 0 heterocycles. The van der Waals surface area contributed by atoms with Gasteiger partial charge in [-0.15, -0.1) is 0 Å². The molecule has 1 aliphatic carbocycles. The summed E-state index contributed by atoms with van der Waals surface area (Å²) in [7, 11) is 0. The van der Waals surface area contributed by atoms with Gasteiger partial charge >= 0.3 is 0 Å². The highest BCUT2D eigenvalue weighted by molar-refractivity contribution is 5.78. The third kappa shape index (κ3) is 5.94. The predicted molar refractivity (Wildman–Crippen MR) is 78.8 cm³/mol. The van der Waals surface area contributed by atoms with Crippen LogP contribution in [0.4, 0.5) is 0 Å². The van der Waals surface area contributed by atoms with Crippen LogP contribution in [0, 0.1) is 23.7 Å². The lowest BCUT2D eigenvalue weighted by Crippen LogP contribution is -2.36. The minimum absolute atomic E-state index is 0.216. The van der Waals surface area contributed by atoms with Crippen LogP contribution in [0.1, 0.15) is 59.8 Å². The fourth-order valence-corrected chi connectivity index (χ4v) is 3.13. The van der Waals surface area contributed by atoms with Crippen molar-refractivity contribution < 1.29 is 9.90 Å². The highest BCUT2D eigenvalue weighted by Crippen LogP contribution is 2.33. The van der Waals surface area contributed by atoms with Crippen LogP contribution in [-0.2, 0) is 4.79 Å². The first kappa shape index (κ1) is 16.5. The fraction of sp³-hybridized carbons (Fsp3) is 0.938. The Bertz CT molecular complexity index is 268. The molecule has 0 aromatic rings. The first-order valence-electron chi connectivity index (χ1n) is 7.86. The van der Waals surface area contributed by atoms with Crippen molar-refractivity contribution in [2.75, 3.05) is 6.54 Å². The molecule has 3 nitrogen and oxygen atoms in total. The zero-order valence-corrected chi connectivity index (χ0v) is 13.0. The van der Waals surface area contributed by atoms with Crippen molar-refractivity contribution in [1.29, 1.82) is 0 Å². The minimum Gasteiger partial charge on any atom is -0.393 e. The van der Waals surface area contributed by atoms with Crippen LogP contribution >= 0.6 is 0 Å². The topological polar surface area (TPSA) is 49.3 Å². The highest BCUT2D eigenvalue weighted by atomic mass is 16.3. The third-order valence-electron chi connectivity index (χ3n) is 4.45. The van der Waals surface area contributed by atoms with Gasteiger partial charge in [0.15, 0.2) is 0 Å². The summed E-state index contributed by atoms with van der Waals surface area (Å²) in [6.45, 7) is 9.12. The second-order valence-corrected chi connectivity index (χ2v) is 6.79. The number of carbonyl (C=O) groups excluding carboxylic acids is 1. The van der Waals surface area contributed by atoms with Gasteiger partial charge in [-0.05, 0) is 56.8 Å². The smallest absolute Gasteiger partial charge is 0.223 e. The van der Waals surface area contributed by atoms with Gasteiger partial charge in [-0.25, -0.2) is 0 Å². The second-order valence-electron chi connectivity index (χ2n) is 6.79.